The fourth-order valence-corrected chi connectivity index (χ4v) is 5.31. The fourth-order valence-electron chi connectivity index (χ4n) is 1.93. The molecule has 0 saturated carbocycles. The largest absolute Gasteiger partial charge is 0.353 e. The van der Waals surface area contributed by atoms with E-state index in [0.29, 0.717) is 23.7 Å². The summed E-state index contributed by atoms with van der Waals surface area (Å²) in [6, 6.07) is 3.39. The van der Waals surface area contributed by atoms with Gasteiger partial charge in [-0.05, 0) is 31.6 Å². The minimum atomic E-state index is -3.53. The van der Waals surface area contributed by atoms with E-state index in [2.05, 4.69) is 16.9 Å². The Hall–Kier alpha value is -1.55. The van der Waals surface area contributed by atoms with Gasteiger partial charge >= 0.3 is 0 Å². The summed E-state index contributed by atoms with van der Waals surface area (Å²) < 4.78 is 26.8. The van der Waals surface area contributed by atoms with Gasteiger partial charge in [-0.3, -0.25) is 4.79 Å². The van der Waals surface area contributed by atoms with Crippen molar-refractivity contribution in [2.75, 3.05) is 20.1 Å². The van der Waals surface area contributed by atoms with E-state index < -0.39 is 10.0 Å². The van der Waals surface area contributed by atoms with Crippen LogP contribution in [0.1, 0.15) is 11.4 Å². The first kappa shape index (κ1) is 18.8. The zero-order chi connectivity index (χ0) is 17.7. The summed E-state index contributed by atoms with van der Waals surface area (Å²) >= 11 is 2.75. The number of carbonyl (C=O) groups is 1. The SMILES string of the molecule is C=CC(=O)NCCCN(C)S(=O)(=O)c1ccc(-c2csc(C)n2)s1. The van der Waals surface area contributed by atoms with Crippen molar-refractivity contribution in [1.29, 1.82) is 0 Å². The molecule has 0 saturated heterocycles. The van der Waals surface area contributed by atoms with Gasteiger partial charge in [-0.15, -0.1) is 22.7 Å². The molecule has 1 amide bonds. The van der Waals surface area contributed by atoms with Crippen LogP contribution in [0.5, 0.6) is 0 Å². The number of carbonyl (C=O) groups excluding carboxylic acids is 1. The molecule has 0 radical (unpaired) electrons. The number of rotatable bonds is 8. The molecule has 24 heavy (non-hydrogen) atoms. The predicted molar refractivity (Wildman–Crippen MR) is 97.8 cm³/mol. The van der Waals surface area contributed by atoms with Crippen LogP contribution < -0.4 is 5.32 Å². The molecule has 0 spiro atoms. The third kappa shape index (κ3) is 4.50. The van der Waals surface area contributed by atoms with Crippen molar-refractivity contribution in [3.05, 3.63) is 35.2 Å². The van der Waals surface area contributed by atoms with Gasteiger partial charge in [0.15, 0.2) is 0 Å². The van der Waals surface area contributed by atoms with Crippen LogP contribution in [0.15, 0.2) is 34.4 Å². The van der Waals surface area contributed by atoms with E-state index in [1.165, 1.54) is 40.1 Å². The van der Waals surface area contributed by atoms with Crippen LogP contribution >= 0.6 is 22.7 Å². The van der Waals surface area contributed by atoms with Gasteiger partial charge in [-0.25, -0.2) is 17.7 Å². The lowest BCUT2D eigenvalue weighted by Gasteiger charge is -2.15. The molecule has 2 rings (SSSR count). The smallest absolute Gasteiger partial charge is 0.252 e. The van der Waals surface area contributed by atoms with Gasteiger partial charge in [0.05, 0.1) is 15.6 Å². The lowest BCUT2D eigenvalue weighted by Crippen LogP contribution is -2.30. The van der Waals surface area contributed by atoms with E-state index in [0.717, 1.165) is 15.6 Å². The number of hydrogen-bond donors (Lipinski definition) is 1. The number of aryl methyl sites for hydroxylation is 1. The topological polar surface area (TPSA) is 79.4 Å². The first-order valence-corrected chi connectivity index (χ1v) is 10.4. The van der Waals surface area contributed by atoms with Gasteiger partial charge in [-0.2, -0.15) is 0 Å². The zero-order valence-electron chi connectivity index (χ0n) is 13.5. The van der Waals surface area contributed by atoms with Gasteiger partial charge < -0.3 is 5.32 Å². The predicted octanol–water partition coefficient (Wildman–Crippen LogP) is 2.49. The summed E-state index contributed by atoms with van der Waals surface area (Å²) in [6.07, 6.45) is 1.71. The van der Waals surface area contributed by atoms with E-state index >= 15 is 0 Å². The molecule has 0 bridgehead atoms. The number of thiazole rings is 1. The molecule has 2 aromatic heterocycles. The van der Waals surface area contributed by atoms with E-state index in [9.17, 15) is 13.2 Å². The van der Waals surface area contributed by atoms with Gasteiger partial charge in [0.25, 0.3) is 10.0 Å². The van der Waals surface area contributed by atoms with Crippen molar-refractivity contribution in [3.63, 3.8) is 0 Å². The molecule has 0 aliphatic heterocycles. The second kappa shape index (κ2) is 8.02. The maximum absolute atomic E-state index is 12.6. The summed E-state index contributed by atoms with van der Waals surface area (Å²) in [5.41, 5.74) is 0.804. The van der Waals surface area contributed by atoms with Crippen LogP contribution in [0, 0.1) is 6.92 Å². The molecule has 0 atom stereocenters. The monoisotopic (exact) mass is 385 g/mol. The van der Waals surface area contributed by atoms with Crippen LogP contribution in [0.3, 0.4) is 0 Å². The zero-order valence-corrected chi connectivity index (χ0v) is 15.9. The first-order chi connectivity index (χ1) is 11.3. The number of nitrogens with zero attached hydrogens (tertiary/aromatic N) is 2. The first-order valence-electron chi connectivity index (χ1n) is 7.23. The van der Waals surface area contributed by atoms with Crippen molar-refractivity contribution >= 4 is 38.6 Å². The third-order valence-corrected chi connectivity index (χ3v) is 7.46. The van der Waals surface area contributed by atoms with Gasteiger partial charge in [0.2, 0.25) is 5.91 Å². The summed E-state index contributed by atoms with van der Waals surface area (Å²) in [4.78, 5) is 16.3. The third-order valence-electron chi connectivity index (χ3n) is 3.25. The maximum atomic E-state index is 12.6. The lowest BCUT2D eigenvalue weighted by molar-refractivity contribution is -0.116. The highest BCUT2D eigenvalue weighted by molar-refractivity contribution is 7.91. The number of sulfonamides is 1. The van der Waals surface area contributed by atoms with Gasteiger partial charge in [0.1, 0.15) is 4.21 Å². The Morgan fingerprint density at radius 1 is 1.46 bits per heavy atom. The van der Waals surface area contributed by atoms with Crippen molar-refractivity contribution in [3.8, 4) is 10.6 Å². The molecule has 6 nitrogen and oxygen atoms in total. The number of nitrogens with one attached hydrogen (secondary N) is 1. The molecule has 0 aromatic carbocycles. The minimum Gasteiger partial charge on any atom is -0.353 e. The quantitative estimate of drug-likeness (QED) is 0.559. The number of aromatic nitrogens is 1. The molecule has 0 unspecified atom stereocenters. The highest BCUT2D eigenvalue weighted by Gasteiger charge is 2.23. The van der Waals surface area contributed by atoms with Crippen molar-refractivity contribution < 1.29 is 13.2 Å². The number of amides is 1. The standard InChI is InChI=1S/C15H19N3O3S3/c1-4-14(19)16-8-5-9-18(3)24(20,21)15-7-6-13(23-15)12-10-22-11(2)17-12/h4,6-7,10H,1,5,8-9H2,2-3H3,(H,16,19). The molecule has 9 heteroatoms. The fraction of sp³-hybridized carbons (Fsp3) is 0.333. The second-order valence-electron chi connectivity index (χ2n) is 5.05. The number of thiophene rings is 1. The second-order valence-corrected chi connectivity index (χ2v) is 9.46. The molecule has 0 aliphatic rings. The van der Waals surface area contributed by atoms with Gasteiger partial charge in [-0.1, -0.05) is 6.58 Å². The molecule has 130 valence electrons. The molecular weight excluding hydrogens is 366 g/mol. The van der Waals surface area contributed by atoms with Crippen molar-refractivity contribution in [1.82, 2.24) is 14.6 Å². The summed E-state index contributed by atoms with van der Waals surface area (Å²) in [5.74, 6) is -0.262. The molecular formula is C15H19N3O3S3. The minimum absolute atomic E-state index is 0.262. The molecule has 0 aliphatic carbocycles. The lowest BCUT2D eigenvalue weighted by atomic mass is 10.4. The Bertz CT molecular complexity index is 824. The Morgan fingerprint density at radius 2 is 2.21 bits per heavy atom. The van der Waals surface area contributed by atoms with E-state index in [1.54, 1.807) is 12.1 Å². The molecule has 2 heterocycles. The highest BCUT2D eigenvalue weighted by Crippen LogP contribution is 2.32. The Morgan fingerprint density at radius 3 is 2.83 bits per heavy atom. The Labute approximate surface area is 149 Å². The van der Waals surface area contributed by atoms with Crippen LogP contribution in [0.2, 0.25) is 0 Å². The van der Waals surface area contributed by atoms with Crippen LogP contribution in [-0.4, -0.2) is 43.8 Å². The van der Waals surface area contributed by atoms with Crippen molar-refractivity contribution in [2.45, 2.75) is 17.6 Å². The number of hydrogen-bond acceptors (Lipinski definition) is 6. The van der Waals surface area contributed by atoms with Crippen molar-refractivity contribution in [2.24, 2.45) is 0 Å². The van der Waals surface area contributed by atoms with Gasteiger partial charge in [0, 0.05) is 25.5 Å². The average Bonchev–Trinajstić information content (AvgIpc) is 3.19. The normalized spacial score (nSPS) is 11.6. The Balaban J connectivity index is 2.00. The molecule has 2 aromatic rings. The Kier molecular flexibility index (Phi) is 6.27. The molecule has 0 fully saturated rings. The molecule has 1 N–H and O–H groups in total. The van der Waals surface area contributed by atoms with E-state index in [-0.39, 0.29) is 5.91 Å². The summed E-state index contributed by atoms with van der Waals surface area (Å²) in [5, 5.41) is 5.49. The summed E-state index contributed by atoms with van der Waals surface area (Å²) in [6.45, 7) is 6.00. The van der Waals surface area contributed by atoms with Crippen LogP contribution in [0.25, 0.3) is 10.6 Å². The highest BCUT2D eigenvalue weighted by atomic mass is 32.2. The average molecular weight is 386 g/mol. The summed E-state index contributed by atoms with van der Waals surface area (Å²) in [7, 11) is -1.99. The van der Waals surface area contributed by atoms with E-state index in [4.69, 9.17) is 0 Å². The van der Waals surface area contributed by atoms with Crippen LogP contribution in [-0.2, 0) is 14.8 Å². The van der Waals surface area contributed by atoms with Crippen LogP contribution in [0.4, 0.5) is 0 Å². The van der Waals surface area contributed by atoms with E-state index in [1.807, 2.05) is 12.3 Å². The maximum Gasteiger partial charge on any atom is 0.252 e.